The average molecular weight is 372 g/mol. The number of H-pyrrole nitrogens is 2. The summed E-state index contributed by atoms with van der Waals surface area (Å²) in [6.07, 6.45) is 1.94. The Morgan fingerprint density at radius 1 is 0.964 bits per heavy atom. The maximum atomic E-state index is 4.56. The van der Waals surface area contributed by atoms with E-state index in [0.29, 0.717) is 11.7 Å². The molecule has 2 aromatic heterocycles. The van der Waals surface area contributed by atoms with E-state index in [1.165, 1.54) is 16.8 Å². The van der Waals surface area contributed by atoms with Crippen LogP contribution in [-0.4, -0.2) is 30.8 Å². The van der Waals surface area contributed by atoms with Crippen molar-refractivity contribution < 1.29 is 0 Å². The normalized spacial score (nSPS) is 12.2. The van der Waals surface area contributed by atoms with Crippen LogP contribution in [0.3, 0.4) is 0 Å². The summed E-state index contributed by atoms with van der Waals surface area (Å²) in [5.41, 5.74) is 8.11. The monoisotopic (exact) mass is 372 g/mol. The Kier molecular flexibility index (Phi) is 5.02. The maximum Gasteiger partial charge on any atom is 0.205 e. The lowest BCUT2D eigenvalue weighted by atomic mass is 9.93. The number of aryl methyl sites for hydroxylation is 1. The zero-order valence-electron chi connectivity index (χ0n) is 16.4. The third kappa shape index (κ3) is 3.45. The summed E-state index contributed by atoms with van der Waals surface area (Å²) in [7, 11) is 0. The van der Waals surface area contributed by atoms with E-state index in [0.717, 1.165) is 35.2 Å². The van der Waals surface area contributed by atoms with Crippen molar-refractivity contribution in [3.05, 3.63) is 71.0 Å². The minimum Gasteiger partial charge on any atom is -0.282 e. The van der Waals surface area contributed by atoms with Gasteiger partial charge >= 0.3 is 0 Å². The van der Waals surface area contributed by atoms with Gasteiger partial charge in [0.1, 0.15) is 0 Å². The first-order valence-corrected chi connectivity index (χ1v) is 9.63. The molecule has 0 aliphatic carbocycles. The van der Waals surface area contributed by atoms with Gasteiger partial charge in [-0.05, 0) is 46.7 Å². The highest BCUT2D eigenvalue weighted by Crippen LogP contribution is 2.31. The van der Waals surface area contributed by atoms with Gasteiger partial charge in [0.25, 0.3) is 0 Å². The quantitative estimate of drug-likeness (QED) is 0.515. The number of nitrogens with one attached hydrogen (secondary N) is 2. The summed E-state index contributed by atoms with van der Waals surface area (Å²) in [5.74, 6) is 1.11. The minimum absolute atomic E-state index is 0.509. The lowest BCUT2D eigenvalue weighted by Crippen LogP contribution is -1.99. The van der Waals surface area contributed by atoms with Crippen LogP contribution in [0.4, 0.5) is 0 Å². The van der Waals surface area contributed by atoms with Crippen LogP contribution in [0.25, 0.3) is 22.5 Å². The predicted molar refractivity (Wildman–Crippen MR) is 110 cm³/mol. The first-order chi connectivity index (χ1) is 13.7. The minimum atomic E-state index is 0.509. The molecule has 0 aliphatic rings. The van der Waals surface area contributed by atoms with Gasteiger partial charge in [0.05, 0.1) is 5.69 Å². The first-order valence-electron chi connectivity index (χ1n) is 9.63. The van der Waals surface area contributed by atoms with Crippen molar-refractivity contribution in [2.75, 3.05) is 0 Å². The SMILES string of the molecule is CCC(C)c1c(Cc2ccc(-c3ccccc3-c3nn[nH]n3)cc2)n[nH]c1C. The summed E-state index contributed by atoms with van der Waals surface area (Å²) in [6.45, 7) is 6.59. The molecule has 0 fully saturated rings. The van der Waals surface area contributed by atoms with E-state index >= 15 is 0 Å². The van der Waals surface area contributed by atoms with Gasteiger partial charge in [-0.3, -0.25) is 5.10 Å². The number of hydrogen-bond acceptors (Lipinski definition) is 4. The first kappa shape index (κ1) is 18.1. The van der Waals surface area contributed by atoms with Gasteiger partial charge < -0.3 is 0 Å². The Morgan fingerprint density at radius 3 is 2.39 bits per heavy atom. The number of tetrazole rings is 1. The van der Waals surface area contributed by atoms with Gasteiger partial charge in [0, 0.05) is 17.7 Å². The zero-order chi connectivity index (χ0) is 19.5. The predicted octanol–water partition coefficient (Wildman–Crippen LogP) is 4.67. The molecule has 0 amide bonds. The van der Waals surface area contributed by atoms with E-state index in [2.05, 4.69) is 81.9 Å². The highest BCUT2D eigenvalue weighted by molar-refractivity contribution is 5.80. The molecule has 6 nitrogen and oxygen atoms in total. The fourth-order valence-electron chi connectivity index (χ4n) is 3.68. The molecule has 1 atom stereocenters. The second-order valence-electron chi connectivity index (χ2n) is 7.17. The van der Waals surface area contributed by atoms with Crippen LogP contribution >= 0.6 is 0 Å². The summed E-state index contributed by atoms with van der Waals surface area (Å²) < 4.78 is 0. The Bertz CT molecular complexity index is 1050. The van der Waals surface area contributed by atoms with Crippen molar-refractivity contribution in [3.63, 3.8) is 0 Å². The van der Waals surface area contributed by atoms with Gasteiger partial charge in [0.2, 0.25) is 5.82 Å². The van der Waals surface area contributed by atoms with Crippen LogP contribution in [0, 0.1) is 6.92 Å². The van der Waals surface area contributed by atoms with Crippen molar-refractivity contribution in [1.29, 1.82) is 0 Å². The van der Waals surface area contributed by atoms with Crippen LogP contribution in [0.5, 0.6) is 0 Å². The number of aromatic amines is 2. The van der Waals surface area contributed by atoms with E-state index in [-0.39, 0.29) is 0 Å². The molecule has 0 bridgehead atoms. The van der Waals surface area contributed by atoms with Gasteiger partial charge in [-0.25, -0.2) is 0 Å². The smallest absolute Gasteiger partial charge is 0.205 e. The largest absolute Gasteiger partial charge is 0.282 e. The number of benzene rings is 2. The third-order valence-corrected chi connectivity index (χ3v) is 5.33. The standard InChI is InChI=1S/C22H24N6/c1-4-14(2)21-15(3)23-24-20(21)13-16-9-11-17(12-10-16)18-7-5-6-8-19(18)22-25-27-28-26-22/h5-12,14H,4,13H2,1-3H3,(H,23,24)(H,25,26,27,28). The topological polar surface area (TPSA) is 83.1 Å². The molecule has 2 N–H and O–H groups in total. The van der Waals surface area contributed by atoms with Gasteiger partial charge in [0.15, 0.2) is 0 Å². The molecular formula is C22H24N6. The molecule has 142 valence electrons. The number of hydrogen-bond donors (Lipinski definition) is 2. The molecule has 0 spiro atoms. The number of rotatable bonds is 6. The van der Waals surface area contributed by atoms with E-state index in [4.69, 9.17) is 0 Å². The molecule has 0 saturated carbocycles. The molecule has 0 aliphatic heterocycles. The van der Waals surface area contributed by atoms with E-state index < -0.39 is 0 Å². The summed E-state index contributed by atoms with van der Waals surface area (Å²) >= 11 is 0. The van der Waals surface area contributed by atoms with Crippen LogP contribution in [0.1, 0.15) is 48.7 Å². The van der Waals surface area contributed by atoms with Crippen LogP contribution in [0.2, 0.25) is 0 Å². The van der Waals surface area contributed by atoms with E-state index in [1.807, 2.05) is 18.2 Å². The number of aromatic nitrogens is 6. The third-order valence-electron chi connectivity index (χ3n) is 5.33. The fraction of sp³-hybridized carbons (Fsp3) is 0.273. The van der Waals surface area contributed by atoms with Gasteiger partial charge in [-0.2, -0.15) is 10.3 Å². The summed E-state index contributed by atoms with van der Waals surface area (Å²) in [4.78, 5) is 0. The van der Waals surface area contributed by atoms with Crippen molar-refractivity contribution in [3.8, 4) is 22.5 Å². The summed E-state index contributed by atoms with van der Waals surface area (Å²) in [6, 6.07) is 16.8. The zero-order valence-corrected chi connectivity index (χ0v) is 16.4. The van der Waals surface area contributed by atoms with Gasteiger partial charge in [-0.15, -0.1) is 10.2 Å². The molecule has 6 heteroatoms. The van der Waals surface area contributed by atoms with E-state index in [1.54, 1.807) is 0 Å². The lowest BCUT2D eigenvalue weighted by Gasteiger charge is -2.11. The molecule has 0 saturated heterocycles. The van der Waals surface area contributed by atoms with Gasteiger partial charge in [-0.1, -0.05) is 62.4 Å². The highest BCUT2D eigenvalue weighted by atomic mass is 15.5. The lowest BCUT2D eigenvalue weighted by molar-refractivity contribution is 0.720. The molecule has 4 aromatic rings. The molecular weight excluding hydrogens is 348 g/mol. The molecule has 2 heterocycles. The Hall–Kier alpha value is -3.28. The average Bonchev–Trinajstić information content (AvgIpc) is 3.38. The Balaban J connectivity index is 1.62. The van der Waals surface area contributed by atoms with Crippen LogP contribution in [-0.2, 0) is 6.42 Å². The fourth-order valence-corrected chi connectivity index (χ4v) is 3.68. The van der Waals surface area contributed by atoms with Crippen molar-refractivity contribution in [2.24, 2.45) is 0 Å². The second-order valence-corrected chi connectivity index (χ2v) is 7.17. The molecule has 28 heavy (non-hydrogen) atoms. The van der Waals surface area contributed by atoms with Crippen LogP contribution < -0.4 is 0 Å². The van der Waals surface area contributed by atoms with Crippen LogP contribution in [0.15, 0.2) is 48.5 Å². The number of nitrogens with zero attached hydrogens (tertiary/aromatic N) is 4. The molecule has 1 unspecified atom stereocenters. The molecule has 0 radical (unpaired) electrons. The maximum absolute atomic E-state index is 4.56. The van der Waals surface area contributed by atoms with Crippen molar-refractivity contribution >= 4 is 0 Å². The molecule has 2 aromatic carbocycles. The van der Waals surface area contributed by atoms with E-state index in [9.17, 15) is 0 Å². The molecule has 4 rings (SSSR count). The Labute approximate surface area is 164 Å². The summed E-state index contributed by atoms with van der Waals surface area (Å²) in [5, 5.41) is 22.2. The van der Waals surface area contributed by atoms with Crippen molar-refractivity contribution in [2.45, 2.75) is 39.5 Å². The highest BCUT2D eigenvalue weighted by Gasteiger charge is 2.16. The Morgan fingerprint density at radius 2 is 1.71 bits per heavy atom. The van der Waals surface area contributed by atoms with Crippen molar-refractivity contribution in [1.82, 2.24) is 30.8 Å². The second kappa shape index (κ2) is 7.76.